The number of amides is 1. The maximum atomic E-state index is 12.8. The molecule has 0 aliphatic carbocycles. The molecule has 1 aromatic carbocycles. The number of nitrogens with one attached hydrogen (secondary N) is 1. The molecule has 0 saturated heterocycles. The number of ether oxygens (including phenoxy) is 1. The van der Waals surface area contributed by atoms with Gasteiger partial charge in [0.15, 0.2) is 6.61 Å². The zero-order valence-electron chi connectivity index (χ0n) is 14.9. The Hall–Kier alpha value is -2.20. The molecule has 0 atom stereocenters. The van der Waals surface area contributed by atoms with Crippen LogP contribution in [0, 0.1) is 13.8 Å². The molecule has 1 amide bonds. The zero-order valence-corrected chi connectivity index (χ0v) is 16.4. The van der Waals surface area contributed by atoms with Gasteiger partial charge in [0.25, 0.3) is 5.91 Å². The summed E-state index contributed by atoms with van der Waals surface area (Å²) in [5, 5.41) is 5.55. The predicted molar refractivity (Wildman–Crippen MR) is 98.2 cm³/mol. The third kappa shape index (κ3) is 6.16. The van der Waals surface area contributed by atoms with Gasteiger partial charge in [0, 0.05) is 17.0 Å². The van der Waals surface area contributed by atoms with Gasteiger partial charge in [-0.25, -0.2) is 0 Å². The van der Waals surface area contributed by atoms with Gasteiger partial charge < -0.3 is 14.6 Å². The van der Waals surface area contributed by atoms with Crippen molar-refractivity contribution in [1.82, 2.24) is 5.16 Å². The normalized spacial score (nSPS) is 11.4. The average molecular weight is 437 g/mol. The summed E-state index contributed by atoms with van der Waals surface area (Å²) in [5.41, 5.74) is 0.447. The molecule has 152 valence electrons. The van der Waals surface area contributed by atoms with Crippen LogP contribution in [0.4, 0.5) is 18.9 Å². The second-order valence-electron chi connectivity index (χ2n) is 5.70. The monoisotopic (exact) mass is 436 g/mol. The first kappa shape index (κ1) is 22.1. The summed E-state index contributed by atoms with van der Waals surface area (Å²) >= 11 is 6.77. The lowest BCUT2D eigenvalue weighted by atomic mass is 10.2. The Balaban J connectivity index is 1.78. The summed E-state index contributed by atoms with van der Waals surface area (Å²) in [7, 11) is 0. The number of rotatable bonds is 7. The number of aryl methyl sites for hydroxylation is 2. The highest BCUT2D eigenvalue weighted by molar-refractivity contribution is 7.99. The number of aromatic nitrogens is 1. The molecule has 11 heteroatoms. The highest BCUT2D eigenvalue weighted by atomic mass is 35.5. The van der Waals surface area contributed by atoms with Crippen molar-refractivity contribution in [2.45, 2.75) is 25.8 Å². The molecule has 6 nitrogen and oxygen atoms in total. The number of carbonyl (C=O) groups is 2. The second kappa shape index (κ2) is 9.33. The van der Waals surface area contributed by atoms with E-state index in [-0.39, 0.29) is 11.4 Å². The van der Waals surface area contributed by atoms with Crippen molar-refractivity contribution in [3.63, 3.8) is 0 Å². The van der Waals surface area contributed by atoms with Gasteiger partial charge in [-0.2, -0.15) is 13.2 Å². The Morgan fingerprint density at radius 3 is 2.64 bits per heavy atom. The minimum absolute atomic E-state index is 0.00347. The first-order valence-corrected chi connectivity index (χ1v) is 9.43. The summed E-state index contributed by atoms with van der Waals surface area (Å²) in [6.07, 6.45) is -4.65. The van der Waals surface area contributed by atoms with Gasteiger partial charge >= 0.3 is 12.1 Å². The third-order valence-corrected chi connectivity index (χ3v) is 4.83. The van der Waals surface area contributed by atoms with Crippen molar-refractivity contribution in [3.8, 4) is 0 Å². The minimum Gasteiger partial charge on any atom is -0.455 e. The van der Waals surface area contributed by atoms with E-state index in [2.05, 4.69) is 10.5 Å². The van der Waals surface area contributed by atoms with Gasteiger partial charge in [-0.05, 0) is 32.0 Å². The van der Waals surface area contributed by atoms with E-state index >= 15 is 0 Å². The number of nitrogens with zero attached hydrogens (tertiary/aromatic N) is 1. The molecule has 1 heterocycles. The summed E-state index contributed by atoms with van der Waals surface area (Å²) in [5.74, 6) is -0.235. The number of thioether (sulfide) groups is 1. The number of alkyl halides is 3. The van der Waals surface area contributed by atoms with Crippen molar-refractivity contribution in [2.75, 3.05) is 17.7 Å². The van der Waals surface area contributed by atoms with Crippen LogP contribution in [0.1, 0.15) is 22.6 Å². The lowest BCUT2D eigenvalue weighted by molar-refractivity contribution is -0.144. The lowest BCUT2D eigenvalue weighted by Crippen LogP contribution is -2.22. The topological polar surface area (TPSA) is 81.4 Å². The van der Waals surface area contributed by atoms with Gasteiger partial charge in [-0.15, -0.1) is 11.8 Å². The second-order valence-corrected chi connectivity index (χ2v) is 7.09. The summed E-state index contributed by atoms with van der Waals surface area (Å²) in [6.45, 7) is 2.93. The number of hydrogen-bond donors (Lipinski definition) is 1. The first-order chi connectivity index (χ1) is 13.1. The minimum atomic E-state index is -4.65. The van der Waals surface area contributed by atoms with Crippen LogP contribution in [-0.4, -0.2) is 29.4 Å². The van der Waals surface area contributed by atoms with E-state index < -0.39 is 35.2 Å². The Kier molecular flexibility index (Phi) is 7.36. The molecule has 2 aromatic rings. The van der Waals surface area contributed by atoms with Crippen molar-refractivity contribution in [3.05, 3.63) is 45.8 Å². The van der Waals surface area contributed by atoms with E-state index in [1.165, 1.54) is 17.8 Å². The number of halogens is 4. The van der Waals surface area contributed by atoms with Crippen molar-refractivity contribution in [2.24, 2.45) is 0 Å². The quantitative estimate of drug-likeness (QED) is 0.649. The lowest BCUT2D eigenvalue weighted by Gasteiger charge is -2.12. The first-order valence-electron chi connectivity index (χ1n) is 7.89. The predicted octanol–water partition coefficient (Wildman–Crippen LogP) is 4.38. The molecule has 0 unspecified atom stereocenters. The van der Waals surface area contributed by atoms with Gasteiger partial charge in [-0.1, -0.05) is 16.8 Å². The molecule has 0 aliphatic heterocycles. The van der Waals surface area contributed by atoms with E-state index in [1.54, 1.807) is 13.8 Å². The maximum absolute atomic E-state index is 12.8. The molecule has 0 fully saturated rings. The van der Waals surface area contributed by atoms with Crippen LogP contribution in [-0.2, 0) is 26.3 Å². The summed E-state index contributed by atoms with van der Waals surface area (Å²) in [4.78, 5) is 23.5. The number of benzene rings is 1. The van der Waals surface area contributed by atoms with Crippen LogP contribution in [0.3, 0.4) is 0 Å². The zero-order chi connectivity index (χ0) is 20.9. The fourth-order valence-electron chi connectivity index (χ4n) is 2.15. The number of hydrogen-bond acceptors (Lipinski definition) is 6. The van der Waals surface area contributed by atoms with Gasteiger partial charge in [0.05, 0.1) is 22.0 Å². The van der Waals surface area contributed by atoms with E-state index in [4.69, 9.17) is 20.9 Å². The van der Waals surface area contributed by atoms with Crippen LogP contribution in [0.25, 0.3) is 0 Å². The number of esters is 1. The molecule has 2 rings (SSSR count). The van der Waals surface area contributed by atoms with Crippen LogP contribution >= 0.6 is 23.4 Å². The Morgan fingerprint density at radius 1 is 1.32 bits per heavy atom. The van der Waals surface area contributed by atoms with Crippen molar-refractivity contribution < 1.29 is 32.0 Å². The molecule has 0 radical (unpaired) electrons. The Morgan fingerprint density at radius 2 is 2.04 bits per heavy atom. The molecular weight excluding hydrogens is 421 g/mol. The fraction of sp³-hybridized carbons (Fsp3) is 0.353. The largest absolute Gasteiger partial charge is 0.455 e. The molecule has 0 bridgehead atoms. The van der Waals surface area contributed by atoms with Crippen LogP contribution in [0.15, 0.2) is 22.7 Å². The van der Waals surface area contributed by atoms with Crippen molar-refractivity contribution in [1.29, 1.82) is 0 Å². The van der Waals surface area contributed by atoms with E-state index in [0.717, 1.165) is 17.3 Å². The van der Waals surface area contributed by atoms with Gasteiger partial charge in [-0.3, -0.25) is 9.59 Å². The van der Waals surface area contributed by atoms with Crippen LogP contribution in [0.2, 0.25) is 5.02 Å². The Bertz CT molecular complexity index is 851. The highest BCUT2D eigenvalue weighted by Crippen LogP contribution is 2.36. The Labute approximate surface area is 167 Å². The number of anilines is 1. The highest BCUT2D eigenvalue weighted by Gasteiger charge is 2.33. The summed E-state index contributed by atoms with van der Waals surface area (Å²) in [6, 6.07) is 2.95. The SMILES string of the molecule is Cc1noc(C)c1CSCC(=O)OCC(=O)Nc1ccc(Cl)c(C(F)(F)F)c1. The maximum Gasteiger partial charge on any atom is 0.417 e. The third-order valence-electron chi connectivity index (χ3n) is 3.57. The van der Waals surface area contributed by atoms with Crippen molar-refractivity contribution >= 4 is 40.9 Å². The van der Waals surface area contributed by atoms with E-state index in [0.29, 0.717) is 17.6 Å². The molecule has 0 saturated carbocycles. The fourth-order valence-corrected chi connectivity index (χ4v) is 3.34. The standard InChI is InChI=1S/C17H16ClF3N2O4S/c1-9-12(10(2)27-23-9)7-28-8-16(25)26-6-15(24)22-11-3-4-14(18)13(5-11)17(19,20)21/h3-5H,6-8H2,1-2H3,(H,22,24). The van der Waals surface area contributed by atoms with Crippen LogP contribution in [0.5, 0.6) is 0 Å². The molecule has 28 heavy (non-hydrogen) atoms. The molecule has 1 N–H and O–H groups in total. The molecular formula is C17H16ClF3N2O4S. The number of carbonyl (C=O) groups excluding carboxylic acids is 2. The molecule has 0 spiro atoms. The van der Waals surface area contributed by atoms with Gasteiger partial charge in [0.1, 0.15) is 5.76 Å². The average Bonchev–Trinajstić information content (AvgIpc) is 2.92. The summed E-state index contributed by atoms with van der Waals surface area (Å²) < 4.78 is 48.3. The van der Waals surface area contributed by atoms with E-state index in [9.17, 15) is 22.8 Å². The smallest absolute Gasteiger partial charge is 0.417 e. The van der Waals surface area contributed by atoms with E-state index in [1.807, 2.05) is 0 Å². The molecule has 0 aliphatic rings. The van der Waals surface area contributed by atoms with Gasteiger partial charge in [0.2, 0.25) is 0 Å². The molecule has 1 aromatic heterocycles. The van der Waals surface area contributed by atoms with Crippen LogP contribution < -0.4 is 5.32 Å².